The van der Waals surface area contributed by atoms with E-state index in [1.54, 1.807) is 18.2 Å². The van der Waals surface area contributed by atoms with Crippen LogP contribution in [0.1, 0.15) is 41.3 Å². The highest BCUT2D eigenvalue weighted by atomic mass is 35.5. The van der Waals surface area contributed by atoms with E-state index in [0.717, 1.165) is 24.1 Å². The zero-order chi connectivity index (χ0) is 19.2. The molecule has 0 radical (unpaired) electrons. The van der Waals surface area contributed by atoms with Crippen LogP contribution in [-0.4, -0.2) is 29.9 Å². The first-order valence-corrected chi connectivity index (χ1v) is 9.50. The molecular weight excluding hydrogens is 364 g/mol. The number of carbonyl (C=O) groups excluding carboxylic acids is 2. The van der Waals surface area contributed by atoms with Gasteiger partial charge in [0, 0.05) is 31.6 Å². The van der Waals surface area contributed by atoms with Gasteiger partial charge in [0.05, 0.1) is 11.6 Å². The van der Waals surface area contributed by atoms with Crippen LogP contribution in [0.3, 0.4) is 0 Å². The maximum Gasteiger partial charge on any atom is 0.251 e. The maximum atomic E-state index is 12.3. The number of hydrogen-bond donors (Lipinski definition) is 1. The van der Waals surface area contributed by atoms with E-state index in [9.17, 15) is 9.59 Å². The van der Waals surface area contributed by atoms with E-state index in [2.05, 4.69) is 5.32 Å². The predicted octanol–water partition coefficient (Wildman–Crippen LogP) is 3.79. The zero-order valence-electron chi connectivity index (χ0n) is 15.3. The summed E-state index contributed by atoms with van der Waals surface area (Å²) in [5.41, 5.74) is 2.59. The number of ether oxygens (including phenoxy) is 1. The predicted molar refractivity (Wildman–Crippen MR) is 105 cm³/mol. The first-order chi connectivity index (χ1) is 13.1. The highest BCUT2D eigenvalue weighted by molar-refractivity contribution is 6.32. The van der Waals surface area contributed by atoms with Gasteiger partial charge in [0.25, 0.3) is 5.91 Å². The number of carbonyl (C=O) groups is 2. The van der Waals surface area contributed by atoms with Crippen LogP contribution in [-0.2, 0) is 17.9 Å². The molecule has 2 amide bonds. The molecule has 0 atom stereocenters. The van der Waals surface area contributed by atoms with Crippen molar-refractivity contribution in [2.45, 2.75) is 32.9 Å². The fourth-order valence-electron chi connectivity index (χ4n) is 3.05. The summed E-state index contributed by atoms with van der Waals surface area (Å²) in [5.74, 6) is 0.606. The molecule has 0 spiro atoms. The van der Waals surface area contributed by atoms with Gasteiger partial charge in [0.2, 0.25) is 5.91 Å². The van der Waals surface area contributed by atoms with Crippen LogP contribution in [0.2, 0.25) is 5.02 Å². The van der Waals surface area contributed by atoms with Gasteiger partial charge in [0.1, 0.15) is 5.75 Å². The largest absolute Gasteiger partial charge is 0.492 e. The van der Waals surface area contributed by atoms with Crippen LogP contribution >= 0.6 is 11.6 Å². The van der Waals surface area contributed by atoms with Crippen LogP contribution in [0.4, 0.5) is 0 Å². The Kier molecular flexibility index (Phi) is 6.35. The number of halogens is 1. The molecule has 0 aromatic heterocycles. The quantitative estimate of drug-likeness (QED) is 0.787. The van der Waals surface area contributed by atoms with E-state index in [-0.39, 0.29) is 11.8 Å². The fourth-order valence-corrected chi connectivity index (χ4v) is 3.29. The summed E-state index contributed by atoms with van der Waals surface area (Å²) < 4.78 is 5.38. The molecule has 1 aliphatic rings. The molecule has 5 nitrogen and oxygen atoms in total. The normalized spacial score (nSPS) is 13.7. The number of hydrogen-bond acceptors (Lipinski definition) is 3. The Labute approximate surface area is 164 Å². The number of nitrogens with one attached hydrogen (secondary N) is 1. The number of rotatable bonds is 7. The van der Waals surface area contributed by atoms with Gasteiger partial charge in [0.15, 0.2) is 0 Å². The summed E-state index contributed by atoms with van der Waals surface area (Å²) >= 11 is 6.13. The molecule has 2 aromatic rings. The van der Waals surface area contributed by atoms with Crippen molar-refractivity contribution >= 4 is 23.4 Å². The van der Waals surface area contributed by atoms with Gasteiger partial charge in [-0.2, -0.15) is 0 Å². The summed E-state index contributed by atoms with van der Waals surface area (Å²) in [7, 11) is 0. The Balaban J connectivity index is 1.54. The number of nitrogens with zero attached hydrogens (tertiary/aromatic N) is 1. The lowest BCUT2D eigenvalue weighted by Gasteiger charge is -2.15. The van der Waals surface area contributed by atoms with Gasteiger partial charge < -0.3 is 15.0 Å². The molecule has 1 fully saturated rings. The molecule has 2 aromatic carbocycles. The molecule has 0 aliphatic carbocycles. The summed E-state index contributed by atoms with van der Waals surface area (Å²) in [6, 6.07) is 13.0. The van der Waals surface area contributed by atoms with Gasteiger partial charge >= 0.3 is 0 Å². The molecule has 142 valence electrons. The summed E-state index contributed by atoms with van der Waals surface area (Å²) in [4.78, 5) is 25.9. The highest BCUT2D eigenvalue weighted by Crippen LogP contribution is 2.25. The van der Waals surface area contributed by atoms with Gasteiger partial charge in [-0.25, -0.2) is 0 Å². The minimum atomic E-state index is -0.188. The Hall–Kier alpha value is -2.53. The molecule has 27 heavy (non-hydrogen) atoms. The van der Waals surface area contributed by atoms with Crippen LogP contribution < -0.4 is 10.1 Å². The topological polar surface area (TPSA) is 58.6 Å². The van der Waals surface area contributed by atoms with E-state index >= 15 is 0 Å². The lowest BCUT2D eigenvalue weighted by Crippen LogP contribution is -2.24. The van der Waals surface area contributed by atoms with E-state index in [1.165, 1.54) is 0 Å². The molecule has 6 heteroatoms. The SMILES string of the molecule is CCOc1ccc(C(=O)NCc2ccc(CN3CCCC3=O)cc2)cc1Cl. The number of amides is 2. The fraction of sp³-hybridized carbons (Fsp3) is 0.333. The van der Waals surface area contributed by atoms with Crippen LogP contribution in [0.5, 0.6) is 5.75 Å². The minimum absolute atomic E-state index is 0.188. The van der Waals surface area contributed by atoms with E-state index < -0.39 is 0 Å². The average Bonchev–Trinajstić information content (AvgIpc) is 3.07. The van der Waals surface area contributed by atoms with Crippen molar-refractivity contribution in [3.05, 3.63) is 64.2 Å². The van der Waals surface area contributed by atoms with E-state index in [4.69, 9.17) is 16.3 Å². The Bertz CT molecular complexity index is 821. The van der Waals surface area contributed by atoms with Crippen molar-refractivity contribution in [1.29, 1.82) is 0 Å². The molecular formula is C21H23ClN2O3. The first-order valence-electron chi connectivity index (χ1n) is 9.13. The van der Waals surface area contributed by atoms with Crippen molar-refractivity contribution in [2.75, 3.05) is 13.2 Å². The lowest BCUT2D eigenvalue weighted by atomic mass is 10.1. The third kappa shape index (κ3) is 5.01. The van der Waals surface area contributed by atoms with Crippen LogP contribution in [0, 0.1) is 0 Å². The van der Waals surface area contributed by atoms with Gasteiger partial charge in [-0.3, -0.25) is 9.59 Å². The Morgan fingerprint density at radius 2 is 1.93 bits per heavy atom. The number of benzene rings is 2. The van der Waals surface area contributed by atoms with E-state index in [0.29, 0.717) is 42.5 Å². The molecule has 3 rings (SSSR count). The van der Waals surface area contributed by atoms with E-state index in [1.807, 2.05) is 36.1 Å². The smallest absolute Gasteiger partial charge is 0.251 e. The second-order valence-electron chi connectivity index (χ2n) is 6.50. The molecule has 1 heterocycles. The molecule has 1 aliphatic heterocycles. The van der Waals surface area contributed by atoms with Gasteiger partial charge in [-0.1, -0.05) is 35.9 Å². The van der Waals surface area contributed by atoms with Crippen LogP contribution in [0.15, 0.2) is 42.5 Å². The maximum absolute atomic E-state index is 12.3. The molecule has 0 unspecified atom stereocenters. The Morgan fingerprint density at radius 3 is 2.56 bits per heavy atom. The third-order valence-corrected chi connectivity index (χ3v) is 4.81. The second-order valence-corrected chi connectivity index (χ2v) is 6.90. The molecule has 1 N–H and O–H groups in total. The lowest BCUT2D eigenvalue weighted by molar-refractivity contribution is -0.128. The Morgan fingerprint density at radius 1 is 1.19 bits per heavy atom. The standard InChI is InChI=1S/C21H23ClN2O3/c1-2-27-19-10-9-17(12-18(19)22)21(26)23-13-15-5-7-16(8-6-15)14-24-11-3-4-20(24)25/h5-10,12H,2-4,11,13-14H2,1H3,(H,23,26). The number of likely N-dealkylation sites (tertiary alicyclic amines) is 1. The summed E-state index contributed by atoms with van der Waals surface area (Å²) in [6.07, 6.45) is 1.60. The average molecular weight is 387 g/mol. The van der Waals surface area contributed by atoms with Gasteiger partial charge in [-0.15, -0.1) is 0 Å². The minimum Gasteiger partial charge on any atom is -0.492 e. The summed E-state index contributed by atoms with van der Waals surface area (Å²) in [6.45, 7) is 4.31. The highest BCUT2D eigenvalue weighted by Gasteiger charge is 2.19. The zero-order valence-corrected chi connectivity index (χ0v) is 16.1. The summed E-state index contributed by atoms with van der Waals surface area (Å²) in [5, 5.41) is 3.31. The van der Waals surface area contributed by atoms with Gasteiger partial charge in [-0.05, 0) is 42.7 Å². The van der Waals surface area contributed by atoms with Crippen LogP contribution in [0.25, 0.3) is 0 Å². The second kappa shape index (κ2) is 8.91. The van der Waals surface area contributed by atoms with Crippen molar-refractivity contribution < 1.29 is 14.3 Å². The van der Waals surface area contributed by atoms with Crippen molar-refractivity contribution in [1.82, 2.24) is 10.2 Å². The molecule has 0 bridgehead atoms. The molecule has 0 saturated carbocycles. The van der Waals surface area contributed by atoms with Crippen molar-refractivity contribution in [3.8, 4) is 5.75 Å². The monoisotopic (exact) mass is 386 g/mol. The molecule has 1 saturated heterocycles. The van der Waals surface area contributed by atoms with Crippen molar-refractivity contribution in [2.24, 2.45) is 0 Å². The third-order valence-electron chi connectivity index (χ3n) is 4.51. The first kappa shape index (κ1) is 19.2. The van der Waals surface area contributed by atoms with Crippen molar-refractivity contribution in [3.63, 3.8) is 0 Å².